The zero-order chi connectivity index (χ0) is 54.4. The molecular formula is C54H85N9O11. The van der Waals surface area contributed by atoms with Gasteiger partial charge in [0.1, 0.15) is 5.54 Å². The molecule has 0 bridgehead atoms. The van der Waals surface area contributed by atoms with Gasteiger partial charge in [-0.2, -0.15) is 0 Å². The summed E-state index contributed by atoms with van der Waals surface area (Å²) in [6.07, 6.45) is 5.70. The van der Waals surface area contributed by atoms with E-state index >= 15 is 0 Å². The van der Waals surface area contributed by atoms with Gasteiger partial charge in [0, 0.05) is 77.6 Å². The van der Waals surface area contributed by atoms with Gasteiger partial charge in [-0.25, -0.2) is 9.86 Å². The van der Waals surface area contributed by atoms with Gasteiger partial charge in [-0.1, -0.05) is 85.2 Å². The Balaban J connectivity index is 1.21. The summed E-state index contributed by atoms with van der Waals surface area (Å²) in [7, 11) is 6.76. The molecule has 74 heavy (non-hydrogen) atoms. The predicted octanol–water partition coefficient (Wildman–Crippen LogP) is 3.21. The van der Waals surface area contributed by atoms with Crippen LogP contribution in [0.25, 0.3) is 0 Å². The number of imide groups is 2. The number of ether oxygens (including phenoxy) is 2. The lowest BCUT2D eigenvalue weighted by Gasteiger charge is -2.43. The Bertz CT molecular complexity index is 2120. The Morgan fingerprint density at radius 3 is 2.07 bits per heavy atom. The van der Waals surface area contributed by atoms with Crippen LogP contribution in [0, 0.1) is 23.7 Å². The van der Waals surface area contributed by atoms with Crippen molar-refractivity contribution in [3.8, 4) is 0 Å². The smallest absolute Gasteiger partial charge is 0.314 e. The van der Waals surface area contributed by atoms with E-state index in [1.165, 1.54) is 17.2 Å². The molecule has 10 atom stereocenters. The molecule has 20 nitrogen and oxygen atoms in total. The predicted molar refractivity (Wildman–Crippen MR) is 278 cm³/mol. The molecule has 5 rings (SSSR count). The average Bonchev–Trinajstić information content (AvgIpc) is 3.72. The number of hydroxylamine groups is 2. The van der Waals surface area contributed by atoms with Crippen LogP contribution in [-0.4, -0.2) is 188 Å². The standard InChI is InChI=1S/C54H85N9O11/c1-12-36(6)47(60(9)46(35(4)5)51(69)57-50(68)45(34(2)3)59(8)27-19-25-55-53(71)56-26-30-62-42(64)23-24-43(62)65)41(72-10)32-44(66)61-28-18-22-40(61)48(73-11)37(7)49(67)58-54(52(70)63-29-16-17-31-74-63)33-39(54)38-20-14-13-15-21-38/h13-15,20-21,23-24,34-37,39-41,45-48H,12,16-19,22,25-33H2,1-11H3,(H,58,67)(H2,55,56,71)(H,57,68,69)/t36-,37+,39+,40-,41+,45-,46-,47-,48+,54-/m0/s1. The minimum atomic E-state index is -1.16. The molecule has 3 aliphatic heterocycles. The van der Waals surface area contributed by atoms with E-state index in [0.717, 1.165) is 23.3 Å². The molecule has 0 unspecified atom stereocenters. The van der Waals surface area contributed by atoms with Crippen molar-refractivity contribution < 1.29 is 52.7 Å². The second-order valence-electron chi connectivity index (χ2n) is 21.3. The molecule has 2 saturated heterocycles. The van der Waals surface area contributed by atoms with E-state index in [9.17, 15) is 38.4 Å². The van der Waals surface area contributed by atoms with Crippen LogP contribution in [-0.2, 0) is 47.9 Å². The van der Waals surface area contributed by atoms with Crippen LogP contribution in [0.15, 0.2) is 42.5 Å². The first-order chi connectivity index (χ1) is 35.2. The highest BCUT2D eigenvalue weighted by atomic mass is 16.7. The third kappa shape index (κ3) is 14.6. The number of rotatable bonds is 27. The van der Waals surface area contributed by atoms with E-state index < -0.39 is 77.5 Å². The number of urea groups is 1. The fraction of sp³-hybridized carbons (Fsp3) is 0.704. The summed E-state index contributed by atoms with van der Waals surface area (Å²) in [5, 5.41) is 12.7. The first-order valence-corrected chi connectivity index (χ1v) is 26.7. The van der Waals surface area contributed by atoms with Crippen LogP contribution in [0.5, 0.6) is 0 Å². The Kier molecular flexibility index (Phi) is 22.1. The Morgan fingerprint density at radius 1 is 0.824 bits per heavy atom. The van der Waals surface area contributed by atoms with Crippen LogP contribution in [0.2, 0.25) is 0 Å². The molecule has 1 aromatic carbocycles. The summed E-state index contributed by atoms with van der Waals surface area (Å²) < 4.78 is 12.3. The van der Waals surface area contributed by atoms with Crippen LogP contribution in [0.3, 0.4) is 0 Å². The monoisotopic (exact) mass is 1040 g/mol. The van der Waals surface area contributed by atoms with E-state index in [4.69, 9.17) is 14.3 Å². The van der Waals surface area contributed by atoms with Gasteiger partial charge in [0.05, 0.1) is 49.3 Å². The van der Waals surface area contributed by atoms with E-state index in [-0.39, 0.29) is 60.9 Å². The molecule has 3 fully saturated rings. The van der Waals surface area contributed by atoms with Gasteiger partial charge in [-0.3, -0.25) is 58.4 Å². The number of benzene rings is 1. The Morgan fingerprint density at radius 2 is 1.47 bits per heavy atom. The highest BCUT2D eigenvalue weighted by Crippen LogP contribution is 2.53. The third-order valence-electron chi connectivity index (χ3n) is 15.5. The maximum Gasteiger partial charge on any atom is 0.314 e. The molecule has 9 amide bonds. The average molecular weight is 1040 g/mol. The quantitative estimate of drug-likeness (QED) is 0.0735. The van der Waals surface area contributed by atoms with Crippen molar-refractivity contribution in [1.29, 1.82) is 0 Å². The molecule has 0 radical (unpaired) electrons. The van der Waals surface area contributed by atoms with E-state index in [0.29, 0.717) is 64.9 Å². The van der Waals surface area contributed by atoms with Crippen LogP contribution in [0.4, 0.5) is 4.79 Å². The molecule has 4 aliphatic rings. The number of hydrogen-bond acceptors (Lipinski definition) is 13. The number of nitrogens with zero attached hydrogens (tertiary/aromatic N) is 5. The molecule has 20 heteroatoms. The number of nitrogens with one attached hydrogen (secondary N) is 4. The SMILES string of the molecule is CC[C@H](C)[C@@H]([C@@H](CC(=O)N1CCC[C@H]1[C@H](OC)[C@@H](C)C(=O)N[C@@]1(C(=O)N2CCCCO2)C[C@@H]1c1ccccc1)OC)N(C)[C@H](C(=O)NC(=O)[C@H](C(C)C)N(C)CCCNC(=O)NCCN1C(=O)C=CC1=O)C(C)C. The summed E-state index contributed by atoms with van der Waals surface area (Å²) in [5.41, 5.74) is -0.202. The van der Waals surface area contributed by atoms with Gasteiger partial charge in [-0.05, 0) is 75.9 Å². The molecule has 0 aromatic heterocycles. The van der Waals surface area contributed by atoms with Gasteiger partial charge >= 0.3 is 6.03 Å². The van der Waals surface area contributed by atoms with E-state index in [1.54, 1.807) is 33.1 Å². The van der Waals surface area contributed by atoms with Gasteiger partial charge in [0.2, 0.25) is 23.6 Å². The van der Waals surface area contributed by atoms with Gasteiger partial charge in [-0.15, -0.1) is 0 Å². The topological polar surface area (TPSA) is 229 Å². The Labute approximate surface area is 438 Å². The summed E-state index contributed by atoms with van der Waals surface area (Å²) in [6.45, 7) is 15.8. The summed E-state index contributed by atoms with van der Waals surface area (Å²) >= 11 is 0. The van der Waals surface area contributed by atoms with Crippen molar-refractivity contribution >= 4 is 47.4 Å². The number of likely N-dealkylation sites (N-methyl/N-ethyl adjacent to an activating group) is 2. The maximum atomic E-state index is 14.6. The van der Waals surface area contributed by atoms with Crippen molar-refractivity contribution in [3.05, 3.63) is 48.0 Å². The second kappa shape index (κ2) is 27.5. The minimum absolute atomic E-state index is 0.00397. The first-order valence-electron chi connectivity index (χ1n) is 26.7. The van der Waals surface area contributed by atoms with Crippen molar-refractivity contribution in [2.24, 2.45) is 23.7 Å². The van der Waals surface area contributed by atoms with Crippen molar-refractivity contribution in [2.45, 2.75) is 148 Å². The van der Waals surface area contributed by atoms with Gasteiger partial charge in [0.15, 0.2) is 0 Å². The van der Waals surface area contributed by atoms with Crippen molar-refractivity contribution in [3.63, 3.8) is 0 Å². The number of hydrogen-bond donors (Lipinski definition) is 4. The fourth-order valence-electron chi connectivity index (χ4n) is 11.4. The minimum Gasteiger partial charge on any atom is -0.379 e. The summed E-state index contributed by atoms with van der Waals surface area (Å²) in [4.78, 5) is 120. The highest BCUT2D eigenvalue weighted by Gasteiger charge is 2.64. The normalized spacial score (nSPS) is 22.7. The van der Waals surface area contributed by atoms with Crippen LogP contribution < -0.4 is 21.3 Å². The van der Waals surface area contributed by atoms with Crippen LogP contribution >= 0.6 is 0 Å². The molecule has 1 saturated carbocycles. The lowest BCUT2D eigenvalue weighted by molar-refractivity contribution is -0.200. The number of carbonyl (C=O) groups excluding carboxylic acids is 8. The first kappa shape index (κ1) is 59.6. The summed E-state index contributed by atoms with van der Waals surface area (Å²) in [5.74, 6) is -3.91. The molecule has 1 aliphatic carbocycles. The summed E-state index contributed by atoms with van der Waals surface area (Å²) in [6, 6.07) is 6.97. The van der Waals surface area contributed by atoms with E-state index in [1.807, 2.05) is 81.8 Å². The molecule has 0 spiro atoms. The van der Waals surface area contributed by atoms with Crippen molar-refractivity contribution in [1.82, 2.24) is 45.9 Å². The van der Waals surface area contributed by atoms with Crippen molar-refractivity contribution in [2.75, 3.05) is 74.2 Å². The lowest BCUT2D eigenvalue weighted by atomic mass is 9.87. The highest BCUT2D eigenvalue weighted by molar-refractivity contribution is 6.12. The molecular weight excluding hydrogens is 951 g/mol. The molecule has 1 aromatic rings. The number of amides is 9. The fourth-order valence-corrected chi connectivity index (χ4v) is 11.4. The number of likely N-dealkylation sites (tertiary alicyclic amines) is 1. The number of methoxy groups -OCH3 is 2. The van der Waals surface area contributed by atoms with Crippen LogP contribution in [0.1, 0.15) is 111 Å². The third-order valence-corrected chi connectivity index (χ3v) is 15.5. The second-order valence-corrected chi connectivity index (χ2v) is 21.3. The van der Waals surface area contributed by atoms with E-state index in [2.05, 4.69) is 28.2 Å². The maximum absolute atomic E-state index is 14.6. The Hall–Kier alpha value is -5.28. The molecule has 3 heterocycles. The zero-order valence-electron chi connectivity index (χ0n) is 45.7. The van der Waals surface area contributed by atoms with Gasteiger partial charge in [0.25, 0.3) is 17.7 Å². The number of carbonyl (C=O) groups is 8. The molecule has 412 valence electrons. The lowest BCUT2D eigenvalue weighted by Crippen LogP contribution is -2.60. The molecule has 4 N–H and O–H groups in total. The zero-order valence-corrected chi connectivity index (χ0v) is 45.7. The largest absolute Gasteiger partial charge is 0.379 e. The van der Waals surface area contributed by atoms with Gasteiger partial charge < -0.3 is 30.3 Å².